The Morgan fingerprint density at radius 1 is 1.17 bits per heavy atom. The molecule has 0 amide bonds. The van der Waals surface area contributed by atoms with Crippen LogP contribution in [-0.4, -0.2) is 22.8 Å². The predicted octanol–water partition coefficient (Wildman–Crippen LogP) is 6.62. The number of phenolic OH excluding ortho intramolecular Hbond substituents is 1. The molecule has 1 N–H and O–H groups in total. The van der Waals surface area contributed by atoms with E-state index < -0.39 is 0 Å². The number of hydrogen-bond donors (Lipinski definition) is 1. The second kappa shape index (κ2) is 14.2. The molecule has 0 aliphatic carbocycles. The zero-order valence-corrected chi connectivity index (χ0v) is 20.5. The van der Waals surface area contributed by atoms with Crippen LogP contribution in [0, 0.1) is 19.9 Å². The molecule has 0 bridgehead atoms. The maximum Gasteiger partial charge on any atom is 0.127 e. The van der Waals surface area contributed by atoms with Gasteiger partial charge in [-0.1, -0.05) is 49.3 Å². The van der Waals surface area contributed by atoms with Crippen LogP contribution < -0.4 is 0 Å². The van der Waals surface area contributed by atoms with Gasteiger partial charge in [0, 0.05) is 44.6 Å². The third-order valence-electron chi connectivity index (χ3n) is 4.21. The van der Waals surface area contributed by atoms with E-state index >= 15 is 0 Å². The average molecular weight is 586 g/mol. The first-order valence-corrected chi connectivity index (χ1v) is 10.7. The zero-order chi connectivity index (χ0) is 20.2. The zero-order valence-electron chi connectivity index (χ0n) is 17.3. The molecule has 0 unspecified atom stereocenters. The third-order valence-corrected chi connectivity index (χ3v) is 5.05. The van der Waals surface area contributed by atoms with E-state index in [2.05, 4.69) is 23.0 Å². The van der Waals surface area contributed by atoms with E-state index in [0.717, 1.165) is 40.2 Å². The molecule has 2 heterocycles. The van der Waals surface area contributed by atoms with Gasteiger partial charge in [0.25, 0.3) is 0 Å². The Hall–Kier alpha value is -1.81. The van der Waals surface area contributed by atoms with Crippen LogP contribution in [0.15, 0.2) is 53.0 Å². The van der Waals surface area contributed by atoms with Gasteiger partial charge in [0.2, 0.25) is 0 Å². The normalized spacial score (nSPS) is 10.3. The molecule has 29 heavy (non-hydrogen) atoms. The topological polar surface area (TPSA) is 45.5 Å². The van der Waals surface area contributed by atoms with Gasteiger partial charge in [0.05, 0.1) is 0 Å². The summed E-state index contributed by atoms with van der Waals surface area (Å²) in [5.74, 6) is 0.355. The molecule has 0 fully saturated rings. The van der Waals surface area contributed by atoms with Crippen LogP contribution in [0.5, 0.6) is 5.75 Å². The van der Waals surface area contributed by atoms with Crippen LogP contribution in [0.25, 0.3) is 10.6 Å². The summed E-state index contributed by atoms with van der Waals surface area (Å²) in [7, 11) is 0. The van der Waals surface area contributed by atoms with Gasteiger partial charge in [0.1, 0.15) is 5.75 Å². The van der Waals surface area contributed by atoms with Crippen molar-refractivity contribution in [3.8, 4) is 16.3 Å². The third kappa shape index (κ3) is 9.03. The first-order chi connectivity index (χ1) is 13.6. The van der Waals surface area contributed by atoms with Crippen LogP contribution in [0.1, 0.15) is 49.3 Å². The summed E-state index contributed by atoms with van der Waals surface area (Å²) in [5.41, 5.74) is 3.91. The Morgan fingerprint density at radius 2 is 2.00 bits per heavy atom. The minimum atomic E-state index is 0. The van der Waals surface area contributed by atoms with E-state index in [1.165, 1.54) is 19.3 Å². The Bertz CT molecular complexity index is 849. The van der Waals surface area contributed by atoms with E-state index in [1.54, 1.807) is 23.7 Å². The second-order valence-electron chi connectivity index (χ2n) is 6.72. The number of aliphatic imine (C=N–C) groups is 1. The molecular weight excluding hydrogens is 557 g/mol. The Morgan fingerprint density at radius 3 is 2.66 bits per heavy atom. The molecule has 1 radical (unpaired) electrons. The standard InChI is InChI=1S/C15H23NO.C9H6NS.Ir/c1-4-5-6-7-8-16-11-14-10-12(2)9-13(3)15(14)17;1-2-6-10-8(4-1)9-5-3-7-11-9;/h9-11,17H,4-8H2,1-3H3;1-4,6-7H;/q;-1;. The van der Waals surface area contributed by atoms with Gasteiger partial charge in [-0.2, -0.15) is 12.1 Å². The summed E-state index contributed by atoms with van der Waals surface area (Å²) in [5, 5.41) is 11.9. The van der Waals surface area contributed by atoms with Crippen LogP contribution in [0.4, 0.5) is 0 Å². The Kier molecular flexibility index (Phi) is 12.4. The summed E-state index contributed by atoms with van der Waals surface area (Å²) in [6.45, 7) is 7.01. The van der Waals surface area contributed by atoms with Gasteiger partial charge in [-0.05, 0) is 49.2 Å². The van der Waals surface area contributed by atoms with Crippen LogP contribution in [0.2, 0.25) is 0 Å². The number of aromatic hydroxyl groups is 1. The molecule has 2 aromatic heterocycles. The number of aromatic nitrogens is 1. The van der Waals surface area contributed by atoms with Crippen molar-refractivity contribution >= 4 is 17.6 Å². The van der Waals surface area contributed by atoms with Gasteiger partial charge in [-0.3, -0.25) is 4.99 Å². The largest absolute Gasteiger partial charge is 0.507 e. The van der Waals surface area contributed by atoms with E-state index in [0.29, 0.717) is 5.75 Å². The smallest absolute Gasteiger partial charge is 0.127 e. The average Bonchev–Trinajstić information content (AvgIpc) is 3.24. The van der Waals surface area contributed by atoms with Crippen molar-refractivity contribution in [2.45, 2.75) is 46.5 Å². The Balaban J connectivity index is 0.000000302. The van der Waals surface area contributed by atoms with Crippen molar-refractivity contribution in [3.05, 3.63) is 70.7 Å². The first kappa shape index (κ1) is 25.2. The number of aryl methyl sites for hydroxylation is 2. The summed E-state index contributed by atoms with van der Waals surface area (Å²) in [6.07, 6.45) is 8.50. The molecule has 0 spiro atoms. The molecule has 1 aromatic carbocycles. The summed E-state index contributed by atoms with van der Waals surface area (Å²) in [6, 6.07) is 14.9. The van der Waals surface area contributed by atoms with Gasteiger partial charge in [-0.25, -0.2) is 11.3 Å². The molecule has 0 saturated carbocycles. The van der Waals surface area contributed by atoms with Crippen molar-refractivity contribution in [2.24, 2.45) is 4.99 Å². The molecule has 0 atom stereocenters. The number of rotatable bonds is 7. The van der Waals surface area contributed by atoms with Gasteiger partial charge in [-0.15, -0.1) is 5.38 Å². The number of thiophene rings is 1. The van der Waals surface area contributed by atoms with Crippen molar-refractivity contribution in [2.75, 3.05) is 6.54 Å². The SMILES string of the molecule is CCCCCCN=Cc1cc(C)cc(C)c1O.[Ir].[c-]1ccsc1-c1ccccn1. The number of pyridine rings is 1. The maximum absolute atomic E-state index is 9.87. The minimum Gasteiger partial charge on any atom is -0.507 e. The fraction of sp³-hybridized carbons (Fsp3) is 0.333. The second-order valence-corrected chi connectivity index (χ2v) is 7.64. The molecule has 157 valence electrons. The maximum atomic E-state index is 9.87. The summed E-state index contributed by atoms with van der Waals surface area (Å²) < 4.78 is 0. The van der Waals surface area contributed by atoms with Crippen molar-refractivity contribution in [1.82, 2.24) is 4.98 Å². The predicted molar refractivity (Wildman–Crippen MR) is 121 cm³/mol. The molecule has 0 aliphatic heterocycles. The number of nitrogens with zero attached hydrogens (tertiary/aromatic N) is 2. The number of benzene rings is 1. The van der Waals surface area contributed by atoms with Crippen LogP contribution in [-0.2, 0) is 20.1 Å². The quantitative estimate of drug-likeness (QED) is 0.193. The van der Waals surface area contributed by atoms with Gasteiger partial charge < -0.3 is 10.1 Å². The van der Waals surface area contributed by atoms with E-state index in [9.17, 15) is 5.11 Å². The first-order valence-electron chi connectivity index (χ1n) is 9.78. The molecular formula is C24H29IrN2OS-. The van der Waals surface area contributed by atoms with E-state index in [4.69, 9.17) is 0 Å². The number of unbranched alkanes of at least 4 members (excludes halogenated alkanes) is 3. The van der Waals surface area contributed by atoms with Gasteiger partial charge >= 0.3 is 0 Å². The van der Waals surface area contributed by atoms with E-state index in [1.807, 2.05) is 55.6 Å². The van der Waals surface area contributed by atoms with E-state index in [-0.39, 0.29) is 20.1 Å². The van der Waals surface area contributed by atoms with Gasteiger partial charge in [0.15, 0.2) is 0 Å². The monoisotopic (exact) mass is 586 g/mol. The fourth-order valence-corrected chi connectivity index (χ4v) is 3.41. The summed E-state index contributed by atoms with van der Waals surface area (Å²) in [4.78, 5) is 9.67. The number of phenols is 1. The fourth-order valence-electron chi connectivity index (χ4n) is 2.76. The number of hydrogen-bond acceptors (Lipinski definition) is 4. The van der Waals surface area contributed by atoms with Crippen LogP contribution >= 0.6 is 11.3 Å². The van der Waals surface area contributed by atoms with Crippen molar-refractivity contribution in [3.63, 3.8) is 0 Å². The minimum absolute atomic E-state index is 0. The van der Waals surface area contributed by atoms with Crippen LogP contribution in [0.3, 0.4) is 0 Å². The molecule has 3 aromatic rings. The molecule has 3 rings (SSSR count). The summed E-state index contributed by atoms with van der Waals surface area (Å²) >= 11 is 1.66. The molecule has 5 heteroatoms. The molecule has 0 saturated heterocycles. The molecule has 0 aliphatic rings. The van der Waals surface area contributed by atoms with Crippen molar-refractivity contribution in [1.29, 1.82) is 0 Å². The Labute approximate surface area is 192 Å². The van der Waals surface area contributed by atoms with Crippen molar-refractivity contribution < 1.29 is 25.2 Å². The molecule has 3 nitrogen and oxygen atoms in total.